The largest absolute Gasteiger partial charge is 0.497 e. The summed E-state index contributed by atoms with van der Waals surface area (Å²) in [5.41, 5.74) is 1.03. The van der Waals surface area contributed by atoms with Crippen molar-refractivity contribution in [3.8, 4) is 11.5 Å². The second-order valence-electron chi connectivity index (χ2n) is 10.3. The fourth-order valence-corrected chi connectivity index (χ4v) is 7.10. The van der Waals surface area contributed by atoms with Gasteiger partial charge in [0.2, 0.25) is 0 Å². The van der Waals surface area contributed by atoms with Gasteiger partial charge in [0.25, 0.3) is 16.8 Å². The molecular formula is C32H31N5O8S2. The molecule has 0 spiro atoms. The number of aryl methyl sites for hydroxylation is 1. The van der Waals surface area contributed by atoms with Gasteiger partial charge in [0.1, 0.15) is 17.5 Å². The first-order valence-electron chi connectivity index (χ1n) is 14.6. The van der Waals surface area contributed by atoms with Crippen molar-refractivity contribution in [1.29, 1.82) is 0 Å². The number of thiazole rings is 1. The van der Waals surface area contributed by atoms with Crippen molar-refractivity contribution >= 4 is 40.8 Å². The van der Waals surface area contributed by atoms with Crippen LogP contribution in [0, 0.1) is 17.0 Å². The van der Waals surface area contributed by atoms with Crippen molar-refractivity contribution in [1.82, 2.24) is 14.5 Å². The van der Waals surface area contributed by atoms with Crippen LogP contribution in [0.25, 0.3) is 6.08 Å². The van der Waals surface area contributed by atoms with Gasteiger partial charge in [-0.15, -0.1) is 0 Å². The van der Waals surface area contributed by atoms with E-state index < -0.39 is 22.5 Å². The predicted octanol–water partition coefficient (Wildman–Crippen LogP) is 4.05. The van der Waals surface area contributed by atoms with E-state index in [-0.39, 0.29) is 33.1 Å². The van der Waals surface area contributed by atoms with Crippen LogP contribution in [0.4, 0.5) is 5.69 Å². The number of aromatic nitrogens is 3. The standard InChI is InChI=1S/C32H31N5O8S2/c1-6-8-22-27(30(40)45-7-2)28(21-16-20(43-4)10-11-23(21)44-5)36-29(39)25(47-32(36)34-22)15-18-14-19(37(41)42)9-12-24(18)46-31-33-17(3)13-26(38)35-31/h9-16,28H,6-8H2,1-5H3,(H,33,35,38)/b25-15-/t28-/m1/s1. The van der Waals surface area contributed by atoms with Gasteiger partial charge in [0.05, 0.1) is 41.6 Å². The van der Waals surface area contributed by atoms with Crippen LogP contribution >= 0.6 is 23.1 Å². The highest BCUT2D eigenvalue weighted by atomic mass is 32.2. The molecule has 0 saturated carbocycles. The number of nitrogens with one attached hydrogen (secondary N) is 1. The van der Waals surface area contributed by atoms with Crippen molar-refractivity contribution in [2.24, 2.45) is 4.99 Å². The van der Waals surface area contributed by atoms with E-state index in [1.54, 1.807) is 38.1 Å². The number of fused-ring (bicyclic) bond motifs is 1. The Bertz CT molecular complexity index is 2150. The number of non-ortho nitro benzene ring substituents is 1. The van der Waals surface area contributed by atoms with Gasteiger partial charge in [0, 0.05) is 34.4 Å². The third kappa shape index (κ3) is 6.90. The average molecular weight is 678 g/mol. The van der Waals surface area contributed by atoms with Gasteiger partial charge in [-0.3, -0.25) is 24.3 Å². The molecule has 13 nitrogen and oxygen atoms in total. The molecule has 0 unspecified atom stereocenters. The van der Waals surface area contributed by atoms with Gasteiger partial charge >= 0.3 is 5.97 Å². The number of rotatable bonds is 11. The van der Waals surface area contributed by atoms with Crippen LogP contribution in [0.15, 0.2) is 78.4 Å². The highest BCUT2D eigenvalue weighted by molar-refractivity contribution is 7.99. The molecule has 0 saturated heterocycles. The summed E-state index contributed by atoms with van der Waals surface area (Å²) in [7, 11) is 3.01. The van der Waals surface area contributed by atoms with Crippen LogP contribution in [0.5, 0.6) is 11.5 Å². The van der Waals surface area contributed by atoms with Gasteiger partial charge in [-0.2, -0.15) is 0 Å². The van der Waals surface area contributed by atoms with Gasteiger partial charge in [-0.25, -0.2) is 14.8 Å². The quantitative estimate of drug-likeness (QED) is 0.106. The van der Waals surface area contributed by atoms with E-state index in [9.17, 15) is 24.5 Å². The van der Waals surface area contributed by atoms with Gasteiger partial charge in [0.15, 0.2) is 9.96 Å². The number of ether oxygens (including phenoxy) is 3. The first-order chi connectivity index (χ1) is 22.6. The third-order valence-corrected chi connectivity index (χ3v) is 9.13. The summed E-state index contributed by atoms with van der Waals surface area (Å²) in [6.07, 6.45) is 2.65. The second-order valence-corrected chi connectivity index (χ2v) is 12.3. The topological polar surface area (TPSA) is 168 Å². The zero-order valence-corrected chi connectivity index (χ0v) is 27.8. The minimum absolute atomic E-state index is 0.114. The van der Waals surface area contributed by atoms with E-state index in [0.717, 1.165) is 23.1 Å². The average Bonchev–Trinajstić information content (AvgIpc) is 3.34. The van der Waals surface area contributed by atoms with E-state index in [2.05, 4.69) is 9.97 Å². The molecule has 15 heteroatoms. The van der Waals surface area contributed by atoms with E-state index in [4.69, 9.17) is 19.2 Å². The second kappa shape index (κ2) is 14.2. The number of esters is 1. The SMILES string of the molecule is CCCC1=C(C(=O)OCC)[C@@H](c2cc(OC)ccc2OC)n2c(s/c(=C\c3cc([N+](=O)[O-])ccc3Sc3nc(C)cc(=O)[nH]3)c2=O)=N1. The Morgan fingerprint density at radius 1 is 1.15 bits per heavy atom. The van der Waals surface area contributed by atoms with E-state index >= 15 is 0 Å². The molecule has 1 aliphatic rings. The number of nitro benzene ring substituents is 1. The van der Waals surface area contributed by atoms with Gasteiger partial charge in [-0.05, 0) is 56.2 Å². The summed E-state index contributed by atoms with van der Waals surface area (Å²) in [5, 5.41) is 12.0. The molecule has 0 bridgehead atoms. The van der Waals surface area contributed by atoms with Gasteiger partial charge in [-0.1, -0.05) is 36.4 Å². The highest BCUT2D eigenvalue weighted by Crippen LogP contribution is 2.39. The lowest BCUT2D eigenvalue weighted by molar-refractivity contribution is -0.384. The first kappa shape index (κ1) is 33.3. The van der Waals surface area contributed by atoms with Crippen molar-refractivity contribution in [3.63, 3.8) is 0 Å². The molecule has 5 rings (SSSR count). The molecule has 47 heavy (non-hydrogen) atoms. The maximum Gasteiger partial charge on any atom is 0.338 e. The molecule has 0 aliphatic carbocycles. The molecule has 0 fully saturated rings. The first-order valence-corrected chi connectivity index (χ1v) is 16.2. The van der Waals surface area contributed by atoms with Crippen molar-refractivity contribution in [2.75, 3.05) is 20.8 Å². The monoisotopic (exact) mass is 677 g/mol. The maximum atomic E-state index is 14.4. The van der Waals surface area contributed by atoms with E-state index in [1.807, 2.05) is 6.92 Å². The van der Waals surface area contributed by atoms with Crippen molar-refractivity contribution < 1.29 is 23.9 Å². The zero-order chi connectivity index (χ0) is 33.8. The molecule has 2 aromatic heterocycles. The number of allylic oxidation sites excluding steroid dienone is 1. The molecule has 244 valence electrons. The number of carbonyl (C=O) groups excluding carboxylic acids is 1. The fraction of sp³-hybridized carbons (Fsp3) is 0.281. The predicted molar refractivity (Wildman–Crippen MR) is 176 cm³/mol. The number of methoxy groups -OCH3 is 2. The minimum atomic E-state index is -0.973. The number of carbonyl (C=O) groups is 1. The smallest absolute Gasteiger partial charge is 0.338 e. The number of nitro groups is 1. The summed E-state index contributed by atoms with van der Waals surface area (Å²) < 4.78 is 18.3. The summed E-state index contributed by atoms with van der Waals surface area (Å²) in [6.45, 7) is 5.45. The molecular weight excluding hydrogens is 647 g/mol. The van der Waals surface area contributed by atoms with Crippen molar-refractivity contribution in [2.45, 2.75) is 49.7 Å². The highest BCUT2D eigenvalue weighted by Gasteiger charge is 2.36. The molecule has 1 atom stereocenters. The number of H-pyrrole nitrogens is 1. The summed E-state index contributed by atoms with van der Waals surface area (Å²) >= 11 is 2.18. The molecule has 0 radical (unpaired) electrons. The minimum Gasteiger partial charge on any atom is -0.497 e. The van der Waals surface area contributed by atoms with E-state index in [0.29, 0.717) is 56.6 Å². The molecule has 1 aliphatic heterocycles. The normalized spacial score (nSPS) is 14.4. The Balaban J connectivity index is 1.79. The Kier molecular flexibility index (Phi) is 10.1. The lowest BCUT2D eigenvalue weighted by Crippen LogP contribution is -2.40. The number of nitrogens with zero attached hydrogens (tertiary/aromatic N) is 4. The van der Waals surface area contributed by atoms with Crippen LogP contribution in [0.1, 0.15) is 49.6 Å². The Labute approximate surface area is 276 Å². The summed E-state index contributed by atoms with van der Waals surface area (Å²) in [4.78, 5) is 63.9. The molecule has 1 N–H and O–H groups in total. The van der Waals surface area contributed by atoms with Crippen LogP contribution < -0.4 is 29.9 Å². The molecule has 2 aromatic carbocycles. The Morgan fingerprint density at radius 3 is 2.60 bits per heavy atom. The van der Waals surface area contributed by atoms with Crippen LogP contribution in [-0.4, -0.2) is 46.3 Å². The number of aromatic amines is 1. The summed E-state index contributed by atoms with van der Waals surface area (Å²) in [5.74, 6) is 0.295. The summed E-state index contributed by atoms with van der Waals surface area (Å²) in [6, 6.07) is 9.73. The van der Waals surface area contributed by atoms with Crippen LogP contribution in [-0.2, 0) is 9.53 Å². The molecule has 0 amide bonds. The molecule has 4 aromatic rings. The zero-order valence-electron chi connectivity index (χ0n) is 26.2. The third-order valence-electron chi connectivity index (χ3n) is 7.17. The number of hydrogen-bond donors (Lipinski definition) is 1. The van der Waals surface area contributed by atoms with Crippen molar-refractivity contribution in [3.05, 3.63) is 111 Å². The van der Waals surface area contributed by atoms with Crippen LogP contribution in [0.3, 0.4) is 0 Å². The molecule has 3 heterocycles. The Morgan fingerprint density at radius 2 is 1.94 bits per heavy atom. The van der Waals surface area contributed by atoms with Crippen LogP contribution in [0.2, 0.25) is 0 Å². The van der Waals surface area contributed by atoms with E-state index in [1.165, 1.54) is 43.1 Å². The number of hydrogen-bond acceptors (Lipinski definition) is 12. The lowest BCUT2D eigenvalue weighted by atomic mass is 9.93. The van der Waals surface area contributed by atoms with Gasteiger partial charge < -0.3 is 19.2 Å². The maximum absolute atomic E-state index is 14.4. The number of benzene rings is 2. The fourth-order valence-electron chi connectivity index (χ4n) is 5.17. The lowest BCUT2D eigenvalue weighted by Gasteiger charge is -2.27. The Hall–Kier alpha value is -5.02.